The van der Waals surface area contributed by atoms with E-state index in [0.717, 1.165) is 5.57 Å². The number of hydrogen-bond acceptors (Lipinski definition) is 4. The highest BCUT2D eigenvalue weighted by molar-refractivity contribution is 5.90. The van der Waals surface area contributed by atoms with Gasteiger partial charge in [-0.25, -0.2) is 9.59 Å². The molecule has 1 unspecified atom stereocenters. The van der Waals surface area contributed by atoms with E-state index in [-0.39, 0.29) is 18.6 Å². The van der Waals surface area contributed by atoms with Crippen molar-refractivity contribution in [2.45, 2.75) is 59.1 Å². The molecule has 0 aromatic carbocycles. The Morgan fingerprint density at radius 1 is 1.25 bits per heavy atom. The topological polar surface area (TPSA) is 92.7 Å². The van der Waals surface area contributed by atoms with Crippen molar-refractivity contribution in [3.63, 3.8) is 0 Å². The summed E-state index contributed by atoms with van der Waals surface area (Å²) >= 11 is 0. The number of ketones is 1. The number of carbonyl (C=O) groups is 3. The number of alkyl carbamates (subject to hydrolysis) is 1. The van der Waals surface area contributed by atoms with E-state index in [9.17, 15) is 14.4 Å². The van der Waals surface area contributed by atoms with Crippen molar-refractivity contribution in [2.24, 2.45) is 0 Å². The molecule has 0 aliphatic heterocycles. The number of hydrogen-bond donors (Lipinski definition) is 2. The van der Waals surface area contributed by atoms with Gasteiger partial charge in [0.05, 0.1) is 0 Å². The van der Waals surface area contributed by atoms with Crippen molar-refractivity contribution in [3.8, 4) is 0 Å². The number of rotatable bonds is 6. The average Bonchev–Trinajstić information content (AvgIpc) is 2.19. The molecule has 0 spiro atoms. The summed E-state index contributed by atoms with van der Waals surface area (Å²) in [6, 6.07) is -1.14. The van der Waals surface area contributed by atoms with Crippen LogP contribution in [0.25, 0.3) is 0 Å². The fraction of sp³-hybridized carbons (Fsp3) is 0.643. The zero-order valence-corrected chi connectivity index (χ0v) is 12.6. The molecule has 0 fully saturated rings. The summed E-state index contributed by atoms with van der Waals surface area (Å²) < 4.78 is 4.98. The lowest BCUT2D eigenvalue weighted by Crippen LogP contribution is -2.43. The molecular formula is C14H23NO5. The molecule has 1 atom stereocenters. The van der Waals surface area contributed by atoms with Gasteiger partial charge in [-0.15, -0.1) is 0 Å². The minimum atomic E-state index is -1.19. The lowest BCUT2D eigenvalue weighted by Gasteiger charge is -2.21. The SMILES string of the molecule is CC(C)=CC(=O)CCC(NC(=O)OC(C)(C)C)C(=O)O. The second kappa shape index (κ2) is 7.67. The molecule has 0 heterocycles. The molecule has 0 rings (SSSR count). The van der Waals surface area contributed by atoms with Crippen molar-refractivity contribution in [3.05, 3.63) is 11.6 Å². The quantitative estimate of drug-likeness (QED) is 0.730. The van der Waals surface area contributed by atoms with E-state index in [1.165, 1.54) is 6.08 Å². The van der Waals surface area contributed by atoms with Crippen LogP contribution in [0.3, 0.4) is 0 Å². The van der Waals surface area contributed by atoms with Crippen LogP contribution in [0.15, 0.2) is 11.6 Å². The Morgan fingerprint density at radius 3 is 2.20 bits per heavy atom. The van der Waals surface area contributed by atoms with Crippen LogP contribution in [0.4, 0.5) is 4.79 Å². The fourth-order valence-electron chi connectivity index (χ4n) is 1.39. The minimum absolute atomic E-state index is 0.0250. The van der Waals surface area contributed by atoms with Crippen molar-refractivity contribution in [2.75, 3.05) is 0 Å². The molecule has 0 aliphatic carbocycles. The van der Waals surface area contributed by atoms with Gasteiger partial charge >= 0.3 is 12.1 Å². The third-order valence-corrected chi connectivity index (χ3v) is 2.12. The number of ether oxygens (including phenoxy) is 1. The average molecular weight is 285 g/mol. The first kappa shape index (κ1) is 18.1. The standard InChI is InChI=1S/C14H23NO5/c1-9(2)8-10(16)6-7-11(12(17)18)15-13(19)20-14(3,4)5/h8,11H,6-7H2,1-5H3,(H,15,19)(H,17,18). The van der Waals surface area contributed by atoms with Crippen molar-refractivity contribution < 1.29 is 24.2 Å². The fourth-order valence-corrected chi connectivity index (χ4v) is 1.39. The third kappa shape index (κ3) is 9.13. The Labute approximate surface area is 119 Å². The molecule has 0 radical (unpaired) electrons. The Bertz CT molecular complexity index is 402. The van der Waals surface area contributed by atoms with Crippen LogP contribution >= 0.6 is 0 Å². The van der Waals surface area contributed by atoms with E-state index >= 15 is 0 Å². The van der Waals surface area contributed by atoms with Gasteiger partial charge in [-0.2, -0.15) is 0 Å². The predicted octanol–water partition coefficient (Wildman–Crippen LogP) is 2.28. The monoisotopic (exact) mass is 285 g/mol. The van der Waals surface area contributed by atoms with E-state index in [2.05, 4.69) is 5.32 Å². The second-order valence-corrected chi connectivity index (χ2v) is 5.76. The number of carbonyl (C=O) groups excluding carboxylic acids is 2. The Kier molecular flexibility index (Phi) is 6.96. The molecule has 0 saturated heterocycles. The van der Waals surface area contributed by atoms with E-state index in [0.29, 0.717) is 0 Å². The molecule has 1 amide bonds. The van der Waals surface area contributed by atoms with Gasteiger partial charge in [0, 0.05) is 6.42 Å². The summed E-state index contributed by atoms with van der Waals surface area (Å²) in [6.07, 6.45) is 0.723. The van der Waals surface area contributed by atoms with Crippen LogP contribution < -0.4 is 5.32 Å². The molecule has 6 nitrogen and oxygen atoms in total. The normalized spacial score (nSPS) is 12.2. The molecule has 0 aromatic rings. The number of carboxylic acid groups (broad SMARTS) is 1. The third-order valence-electron chi connectivity index (χ3n) is 2.12. The summed E-state index contributed by atoms with van der Waals surface area (Å²) in [7, 11) is 0. The van der Waals surface area contributed by atoms with Gasteiger partial charge in [0.15, 0.2) is 5.78 Å². The molecule has 0 bridgehead atoms. The van der Waals surface area contributed by atoms with E-state index in [1.807, 2.05) is 0 Å². The zero-order chi connectivity index (χ0) is 15.9. The predicted molar refractivity (Wildman–Crippen MR) is 74.5 cm³/mol. The highest BCUT2D eigenvalue weighted by atomic mass is 16.6. The van der Waals surface area contributed by atoms with Gasteiger partial charge in [-0.3, -0.25) is 4.79 Å². The summed E-state index contributed by atoms with van der Waals surface area (Å²) in [6.45, 7) is 8.61. The first-order valence-corrected chi connectivity index (χ1v) is 6.41. The molecular weight excluding hydrogens is 262 g/mol. The van der Waals surface area contributed by atoms with Gasteiger partial charge in [0.1, 0.15) is 11.6 Å². The molecule has 0 saturated carbocycles. The van der Waals surface area contributed by atoms with Crippen molar-refractivity contribution >= 4 is 17.8 Å². The van der Waals surface area contributed by atoms with Crippen molar-refractivity contribution in [1.82, 2.24) is 5.32 Å². The van der Waals surface area contributed by atoms with Crippen LogP contribution in [0.5, 0.6) is 0 Å². The summed E-state index contributed by atoms with van der Waals surface area (Å²) in [5.41, 5.74) is 0.146. The maximum Gasteiger partial charge on any atom is 0.408 e. The van der Waals surface area contributed by atoms with E-state index < -0.39 is 23.7 Å². The van der Waals surface area contributed by atoms with Gasteiger partial charge in [-0.1, -0.05) is 5.57 Å². The second-order valence-electron chi connectivity index (χ2n) is 5.76. The first-order chi connectivity index (χ1) is 9.01. The van der Waals surface area contributed by atoms with E-state index in [4.69, 9.17) is 9.84 Å². The van der Waals surface area contributed by atoms with Crippen LogP contribution in [0, 0.1) is 0 Å². The summed E-state index contributed by atoms with van der Waals surface area (Å²) in [5.74, 6) is -1.36. The highest BCUT2D eigenvalue weighted by Gasteiger charge is 2.24. The summed E-state index contributed by atoms with van der Waals surface area (Å²) in [5, 5.41) is 11.3. The highest BCUT2D eigenvalue weighted by Crippen LogP contribution is 2.08. The maximum absolute atomic E-state index is 11.5. The van der Waals surface area contributed by atoms with Crippen LogP contribution in [-0.4, -0.2) is 34.6 Å². The molecule has 20 heavy (non-hydrogen) atoms. The largest absolute Gasteiger partial charge is 0.480 e. The van der Waals surface area contributed by atoms with Gasteiger partial charge < -0.3 is 15.2 Å². The smallest absolute Gasteiger partial charge is 0.408 e. The Balaban J connectivity index is 4.46. The number of carboxylic acids is 1. The lowest BCUT2D eigenvalue weighted by atomic mass is 10.1. The Hall–Kier alpha value is -1.85. The molecule has 0 aliphatic rings. The zero-order valence-electron chi connectivity index (χ0n) is 12.6. The van der Waals surface area contributed by atoms with Crippen LogP contribution in [0.2, 0.25) is 0 Å². The number of aliphatic carboxylic acids is 1. The number of nitrogens with one attached hydrogen (secondary N) is 1. The molecule has 2 N–H and O–H groups in total. The number of allylic oxidation sites excluding steroid dienone is 2. The first-order valence-electron chi connectivity index (χ1n) is 6.41. The molecule has 6 heteroatoms. The number of amides is 1. The Morgan fingerprint density at radius 2 is 1.80 bits per heavy atom. The van der Waals surface area contributed by atoms with Gasteiger partial charge in [0.2, 0.25) is 0 Å². The maximum atomic E-state index is 11.5. The minimum Gasteiger partial charge on any atom is -0.480 e. The molecule has 114 valence electrons. The van der Waals surface area contributed by atoms with E-state index in [1.54, 1.807) is 34.6 Å². The van der Waals surface area contributed by atoms with Crippen LogP contribution in [0.1, 0.15) is 47.5 Å². The van der Waals surface area contributed by atoms with Crippen molar-refractivity contribution in [1.29, 1.82) is 0 Å². The van der Waals surface area contributed by atoms with Crippen LogP contribution in [-0.2, 0) is 14.3 Å². The van der Waals surface area contributed by atoms with Gasteiger partial charge in [-0.05, 0) is 47.1 Å². The lowest BCUT2D eigenvalue weighted by molar-refractivity contribution is -0.139. The molecule has 0 aromatic heterocycles. The van der Waals surface area contributed by atoms with Gasteiger partial charge in [0.25, 0.3) is 0 Å². The summed E-state index contributed by atoms with van der Waals surface area (Å²) in [4.78, 5) is 34.0.